The van der Waals surface area contributed by atoms with Crippen LogP contribution in [0.1, 0.15) is 59.1 Å². The van der Waals surface area contributed by atoms with E-state index >= 15 is 0 Å². The van der Waals surface area contributed by atoms with Gasteiger partial charge in [0.25, 0.3) is 0 Å². The number of hydrogen-bond acceptors (Lipinski definition) is 1. The van der Waals surface area contributed by atoms with Gasteiger partial charge in [0, 0.05) is 11.1 Å². The Balaban J connectivity index is 2.83. The molecular formula is C17H28ClN. The van der Waals surface area contributed by atoms with Crippen LogP contribution < -0.4 is 5.32 Å². The SMILES string of the molecule is CCCNC(CC(C)C(C)(C)C)c1cccc(Cl)c1. The fourth-order valence-electron chi connectivity index (χ4n) is 2.09. The number of nitrogens with one attached hydrogen (secondary N) is 1. The van der Waals surface area contributed by atoms with E-state index in [4.69, 9.17) is 11.6 Å². The molecule has 1 aromatic carbocycles. The molecule has 2 heteroatoms. The summed E-state index contributed by atoms with van der Waals surface area (Å²) in [4.78, 5) is 0. The summed E-state index contributed by atoms with van der Waals surface area (Å²) in [7, 11) is 0. The average Bonchev–Trinajstić information content (AvgIpc) is 2.33. The molecule has 0 amide bonds. The first-order valence-electron chi connectivity index (χ1n) is 7.33. The summed E-state index contributed by atoms with van der Waals surface area (Å²) >= 11 is 6.12. The van der Waals surface area contributed by atoms with E-state index in [0.29, 0.717) is 17.4 Å². The molecule has 0 radical (unpaired) electrons. The fourth-order valence-corrected chi connectivity index (χ4v) is 2.29. The predicted octanol–water partition coefficient (Wildman–Crippen LogP) is 5.45. The highest BCUT2D eigenvalue weighted by atomic mass is 35.5. The van der Waals surface area contributed by atoms with Gasteiger partial charge < -0.3 is 5.32 Å². The van der Waals surface area contributed by atoms with Crippen molar-refractivity contribution in [2.45, 2.75) is 53.5 Å². The fraction of sp³-hybridized carbons (Fsp3) is 0.647. The second kappa shape index (κ2) is 7.31. The van der Waals surface area contributed by atoms with Gasteiger partial charge in [0.2, 0.25) is 0 Å². The van der Waals surface area contributed by atoms with Crippen molar-refractivity contribution in [1.82, 2.24) is 5.32 Å². The Morgan fingerprint density at radius 3 is 2.47 bits per heavy atom. The molecule has 108 valence electrons. The Morgan fingerprint density at radius 2 is 1.95 bits per heavy atom. The van der Waals surface area contributed by atoms with Crippen LogP contribution in [0.3, 0.4) is 0 Å². The Bertz CT molecular complexity index is 381. The lowest BCUT2D eigenvalue weighted by Crippen LogP contribution is -2.28. The summed E-state index contributed by atoms with van der Waals surface area (Å²) in [5, 5.41) is 4.48. The summed E-state index contributed by atoms with van der Waals surface area (Å²) in [5.74, 6) is 0.654. The van der Waals surface area contributed by atoms with Crippen molar-refractivity contribution in [3.8, 4) is 0 Å². The highest BCUT2D eigenvalue weighted by Gasteiger charge is 2.24. The maximum Gasteiger partial charge on any atom is 0.0409 e. The minimum atomic E-state index is 0.338. The molecule has 0 aliphatic rings. The van der Waals surface area contributed by atoms with Crippen LogP contribution in [0.2, 0.25) is 5.02 Å². The van der Waals surface area contributed by atoms with Gasteiger partial charge >= 0.3 is 0 Å². The normalized spacial score (nSPS) is 15.3. The lowest BCUT2D eigenvalue weighted by atomic mass is 9.77. The zero-order valence-corrected chi connectivity index (χ0v) is 13.7. The van der Waals surface area contributed by atoms with Crippen LogP contribution >= 0.6 is 11.6 Å². The molecule has 19 heavy (non-hydrogen) atoms. The summed E-state index contributed by atoms with van der Waals surface area (Å²) in [6.07, 6.45) is 2.30. The van der Waals surface area contributed by atoms with Crippen molar-refractivity contribution < 1.29 is 0 Å². The number of hydrogen-bond donors (Lipinski definition) is 1. The van der Waals surface area contributed by atoms with Gasteiger partial charge in [-0.25, -0.2) is 0 Å². The van der Waals surface area contributed by atoms with E-state index in [-0.39, 0.29) is 0 Å². The molecule has 0 aliphatic heterocycles. The molecule has 1 nitrogen and oxygen atoms in total. The van der Waals surface area contributed by atoms with Crippen molar-refractivity contribution in [1.29, 1.82) is 0 Å². The highest BCUT2D eigenvalue weighted by Crippen LogP contribution is 2.33. The van der Waals surface area contributed by atoms with Crippen molar-refractivity contribution >= 4 is 11.6 Å². The molecule has 0 fully saturated rings. The molecule has 0 spiro atoms. The minimum Gasteiger partial charge on any atom is -0.310 e. The Kier molecular flexibility index (Phi) is 6.35. The third-order valence-electron chi connectivity index (χ3n) is 3.96. The van der Waals surface area contributed by atoms with Crippen LogP contribution in [0.5, 0.6) is 0 Å². The molecule has 0 aromatic heterocycles. The van der Waals surface area contributed by atoms with Crippen LogP contribution in [0.4, 0.5) is 0 Å². The van der Waals surface area contributed by atoms with Gasteiger partial charge in [0.15, 0.2) is 0 Å². The number of halogens is 1. The van der Waals surface area contributed by atoms with Gasteiger partial charge in [-0.1, -0.05) is 58.4 Å². The Hall–Kier alpha value is -0.530. The standard InChI is InChI=1S/C17H28ClN/c1-6-10-19-16(11-13(2)17(3,4)5)14-8-7-9-15(18)12-14/h7-9,12-13,16,19H,6,10-11H2,1-5H3. The quantitative estimate of drug-likeness (QED) is 0.731. The third kappa shape index (κ3) is 5.54. The van der Waals surface area contributed by atoms with Crippen LogP contribution in [0.15, 0.2) is 24.3 Å². The van der Waals surface area contributed by atoms with E-state index in [1.807, 2.05) is 12.1 Å². The third-order valence-corrected chi connectivity index (χ3v) is 4.19. The molecule has 0 heterocycles. The zero-order valence-electron chi connectivity index (χ0n) is 13.0. The van der Waals surface area contributed by atoms with Gasteiger partial charge in [-0.05, 0) is 48.4 Å². The van der Waals surface area contributed by atoms with Gasteiger partial charge in [-0.15, -0.1) is 0 Å². The molecule has 1 rings (SSSR count). The van der Waals surface area contributed by atoms with E-state index in [1.54, 1.807) is 0 Å². The van der Waals surface area contributed by atoms with Crippen molar-refractivity contribution in [3.63, 3.8) is 0 Å². The average molecular weight is 282 g/mol. The van der Waals surface area contributed by atoms with Gasteiger partial charge in [0.1, 0.15) is 0 Å². The summed E-state index contributed by atoms with van der Waals surface area (Å²) in [6, 6.07) is 8.64. The molecule has 1 aromatic rings. The van der Waals surface area contributed by atoms with Crippen molar-refractivity contribution in [2.24, 2.45) is 11.3 Å². The molecule has 0 bridgehead atoms. The van der Waals surface area contributed by atoms with Crippen molar-refractivity contribution in [3.05, 3.63) is 34.9 Å². The predicted molar refractivity (Wildman–Crippen MR) is 85.7 cm³/mol. The summed E-state index contributed by atoms with van der Waals surface area (Å²) < 4.78 is 0. The molecule has 0 saturated carbocycles. The maximum absolute atomic E-state index is 6.12. The van der Waals surface area contributed by atoms with E-state index in [9.17, 15) is 0 Å². The number of rotatable bonds is 6. The lowest BCUT2D eigenvalue weighted by molar-refractivity contribution is 0.223. The van der Waals surface area contributed by atoms with E-state index in [2.05, 4.69) is 52.1 Å². The van der Waals surface area contributed by atoms with Gasteiger partial charge in [-0.2, -0.15) is 0 Å². The van der Waals surface area contributed by atoms with Crippen LogP contribution in [0, 0.1) is 11.3 Å². The maximum atomic E-state index is 6.12. The zero-order chi connectivity index (χ0) is 14.5. The van der Waals surface area contributed by atoms with E-state index in [0.717, 1.165) is 24.4 Å². The second-order valence-electron chi connectivity index (χ2n) is 6.56. The topological polar surface area (TPSA) is 12.0 Å². The van der Waals surface area contributed by atoms with Gasteiger partial charge in [-0.3, -0.25) is 0 Å². The summed E-state index contributed by atoms with van der Waals surface area (Å²) in [5.41, 5.74) is 1.64. The van der Waals surface area contributed by atoms with Gasteiger partial charge in [0.05, 0.1) is 0 Å². The summed E-state index contributed by atoms with van der Waals surface area (Å²) in [6.45, 7) is 12.5. The molecule has 0 aliphatic carbocycles. The van der Waals surface area contributed by atoms with Crippen LogP contribution in [-0.2, 0) is 0 Å². The Labute approximate surface area is 123 Å². The Morgan fingerprint density at radius 1 is 1.26 bits per heavy atom. The van der Waals surface area contributed by atoms with Crippen LogP contribution in [0.25, 0.3) is 0 Å². The first-order valence-corrected chi connectivity index (χ1v) is 7.71. The first-order chi connectivity index (χ1) is 8.84. The largest absolute Gasteiger partial charge is 0.310 e. The molecule has 1 N–H and O–H groups in total. The highest BCUT2D eigenvalue weighted by molar-refractivity contribution is 6.30. The monoisotopic (exact) mass is 281 g/mol. The van der Waals surface area contributed by atoms with Crippen LogP contribution in [-0.4, -0.2) is 6.54 Å². The molecular weight excluding hydrogens is 254 g/mol. The molecule has 2 atom stereocenters. The number of benzene rings is 1. The molecule has 0 saturated heterocycles. The minimum absolute atomic E-state index is 0.338. The molecule has 2 unspecified atom stereocenters. The van der Waals surface area contributed by atoms with E-state index < -0.39 is 0 Å². The second-order valence-corrected chi connectivity index (χ2v) is 7.00. The first kappa shape index (κ1) is 16.5. The van der Waals surface area contributed by atoms with E-state index in [1.165, 1.54) is 5.56 Å². The lowest BCUT2D eigenvalue weighted by Gasteiger charge is -2.31. The smallest absolute Gasteiger partial charge is 0.0409 e. The van der Waals surface area contributed by atoms with Crippen molar-refractivity contribution in [2.75, 3.05) is 6.54 Å².